The zero-order valence-corrected chi connectivity index (χ0v) is 11.4. The van der Waals surface area contributed by atoms with Gasteiger partial charge in [-0.1, -0.05) is 6.92 Å². The second-order valence-corrected chi connectivity index (χ2v) is 4.57. The molecule has 0 saturated heterocycles. The summed E-state index contributed by atoms with van der Waals surface area (Å²) in [5, 5.41) is 19.5. The topological polar surface area (TPSA) is 130 Å². The Morgan fingerprint density at radius 2 is 1.95 bits per heavy atom. The fraction of sp³-hybridized carbons (Fsp3) is 0.400. The number of phenolic OH excluding ortho intramolecular Hbond substituents is 1. The van der Waals surface area contributed by atoms with E-state index in [-0.39, 0.29) is 18.0 Å². The zero-order chi connectivity index (χ0) is 15.1. The zero-order valence-electron chi connectivity index (χ0n) is 10.5. The lowest BCUT2D eigenvalue weighted by Crippen LogP contribution is -1.89. The van der Waals surface area contributed by atoms with Gasteiger partial charge in [-0.3, -0.25) is 14.6 Å². The normalized spacial score (nSPS) is 10.5. The summed E-state index contributed by atoms with van der Waals surface area (Å²) in [7, 11) is -4.17. The molecule has 108 valence electrons. The van der Waals surface area contributed by atoms with Crippen LogP contribution >= 0.6 is 7.82 Å². The van der Waals surface area contributed by atoms with Crippen molar-refractivity contribution < 1.29 is 28.9 Å². The van der Waals surface area contributed by atoms with Gasteiger partial charge in [-0.05, 0) is 19.4 Å². The molecule has 0 aliphatic heterocycles. The molecule has 3 N–H and O–H groups in total. The third kappa shape index (κ3) is 7.53. The van der Waals surface area contributed by atoms with Crippen LogP contribution in [0.3, 0.4) is 0 Å². The van der Waals surface area contributed by atoms with Crippen molar-refractivity contribution in [3.63, 3.8) is 0 Å². The van der Waals surface area contributed by atoms with Gasteiger partial charge >= 0.3 is 7.82 Å². The number of nitrogens with zero attached hydrogens (tertiary/aromatic N) is 1. The molecule has 9 heteroatoms. The van der Waals surface area contributed by atoms with E-state index < -0.39 is 12.7 Å². The molecule has 0 aliphatic rings. The number of hydrogen-bond donors (Lipinski definition) is 3. The van der Waals surface area contributed by atoms with E-state index in [2.05, 4.69) is 4.52 Å². The smallest absolute Gasteiger partial charge is 0.469 e. The molecule has 0 amide bonds. The molecule has 0 saturated carbocycles. The predicted molar refractivity (Wildman–Crippen MR) is 67.8 cm³/mol. The number of phenols is 1. The Morgan fingerprint density at radius 1 is 1.37 bits per heavy atom. The minimum Gasteiger partial charge on any atom is -0.508 e. The molecule has 0 spiro atoms. The Morgan fingerprint density at radius 3 is 2.26 bits per heavy atom. The summed E-state index contributed by atoms with van der Waals surface area (Å²) < 4.78 is 13.6. The van der Waals surface area contributed by atoms with Gasteiger partial charge in [0.15, 0.2) is 0 Å². The summed E-state index contributed by atoms with van der Waals surface area (Å²) in [5.41, 5.74) is 0.619. The number of benzene rings is 1. The first-order valence-corrected chi connectivity index (χ1v) is 6.90. The fourth-order valence-corrected chi connectivity index (χ4v) is 1.47. The average Bonchev–Trinajstić information content (AvgIpc) is 2.28. The number of nitro benzene ring substituents is 1. The lowest BCUT2D eigenvalue weighted by Gasteiger charge is -1.99. The van der Waals surface area contributed by atoms with Gasteiger partial charge in [0.1, 0.15) is 5.75 Å². The first-order chi connectivity index (χ1) is 8.71. The van der Waals surface area contributed by atoms with Crippen LogP contribution in [0.25, 0.3) is 0 Å². The van der Waals surface area contributed by atoms with Crippen LogP contribution < -0.4 is 0 Å². The van der Waals surface area contributed by atoms with Gasteiger partial charge in [-0.15, -0.1) is 0 Å². The van der Waals surface area contributed by atoms with Crippen LogP contribution in [-0.4, -0.2) is 26.4 Å². The van der Waals surface area contributed by atoms with Gasteiger partial charge in [0.05, 0.1) is 11.5 Å². The van der Waals surface area contributed by atoms with Crippen LogP contribution in [0.1, 0.15) is 19.4 Å². The van der Waals surface area contributed by atoms with E-state index in [0.717, 1.165) is 0 Å². The van der Waals surface area contributed by atoms with Gasteiger partial charge in [0.25, 0.3) is 5.69 Å². The highest BCUT2D eigenvalue weighted by atomic mass is 31.2. The lowest BCUT2D eigenvalue weighted by atomic mass is 10.1. The van der Waals surface area contributed by atoms with E-state index in [1.54, 1.807) is 0 Å². The molecule has 1 aromatic rings. The molecule has 0 aromatic heterocycles. The average molecular weight is 293 g/mol. The number of nitro groups is 1. The molecular formula is C10H16NO7P. The molecule has 0 unspecified atom stereocenters. The number of rotatable bonds is 4. The van der Waals surface area contributed by atoms with Crippen LogP contribution in [-0.2, 0) is 15.5 Å². The Bertz CT molecular complexity index is 471. The minimum absolute atomic E-state index is 0.0182. The number of non-ortho nitro benzene ring substituents is 1. The van der Waals surface area contributed by atoms with Gasteiger partial charge in [0.2, 0.25) is 0 Å². The van der Waals surface area contributed by atoms with Crippen molar-refractivity contribution in [2.24, 2.45) is 0 Å². The van der Waals surface area contributed by atoms with Crippen molar-refractivity contribution in [3.05, 3.63) is 33.9 Å². The molecule has 1 rings (SSSR count). The molecule has 0 aliphatic carbocycles. The van der Waals surface area contributed by atoms with E-state index in [9.17, 15) is 19.8 Å². The Labute approximate surface area is 110 Å². The molecule has 0 atom stereocenters. The molecule has 0 heterocycles. The fourth-order valence-electron chi connectivity index (χ4n) is 1.14. The standard InChI is InChI=1S/C8H9NO3.C2H7O4P/c1-2-6-5-7(9(11)12)3-4-8(6)10;1-2-6-7(3,4)5/h3-5,10H,2H2,1H3;2H2,1H3,(H2,3,4,5). The number of hydrogen-bond acceptors (Lipinski definition) is 5. The molecule has 8 nitrogen and oxygen atoms in total. The van der Waals surface area contributed by atoms with Crippen molar-refractivity contribution in [1.29, 1.82) is 0 Å². The van der Waals surface area contributed by atoms with E-state index >= 15 is 0 Å². The largest absolute Gasteiger partial charge is 0.508 e. The van der Waals surface area contributed by atoms with Crippen molar-refractivity contribution in [2.75, 3.05) is 6.61 Å². The van der Waals surface area contributed by atoms with E-state index in [1.807, 2.05) is 6.92 Å². The number of phosphoric ester groups is 1. The molecule has 19 heavy (non-hydrogen) atoms. The molecule has 1 aromatic carbocycles. The van der Waals surface area contributed by atoms with Crippen LogP contribution in [0.5, 0.6) is 5.75 Å². The first kappa shape index (κ1) is 17.5. The summed E-state index contributed by atoms with van der Waals surface area (Å²) in [6.45, 7) is 3.39. The maximum atomic E-state index is 10.3. The van der Waals surface area contributed by atoms with E-state index in [0.29, 0.717) is 12.0 Å². The van der Waals surface area contributed by atoms with E-state index in [1.165, 1.54) is 25.1 Å². The summed E-state index contributed by atoms with van der Waals surface area (Å²) in [5.74, 6) is 0.114. The predicted octanol–water partition coefficient (Wildman–Crippen LogP) is 1.98. The van der Waals surface area contributed by atoms with E-state index in [4.69, 9.17) is 9.79 Å². The highest BCUT2D eigenvalue weighted by Gasteiger charge is 2.10. The van der Waals surface area contributed by atoms with Crippen LogP contribution in [0.15, 0.2) is 18.2 Å². The third-order valence-electron chi connectivity index (χ3n) is 1.95. The Balaban J connectivity index is 0.000000399. The second kappa shape index (κ2) is 7.85. The second-order valence-electron chi connectivity index (χ2n) is 3.33. The highest BCUT2D eigenvalue weighted by molar-refractivity contribution is 7.46. The van der Waals surface area contributed by atoms with Crippen molar-refractivity contribution in [1.82, 2.24) is 0 Å². The maximum absolute atomic E-state index is 10.3. The van der Waals surface area contributed by atoms with Crippen LogP contribution in [0.2, 0.25) is 0 Å². The maximum Gasteiger partial charge on any atom is 0.469 e. The molecule has 0 bridgehead atoms. The molecule has 0 radical (unpaired) electrons. The monoisotopic (exact) mass is 293 g/mol. The molecular weight excluding hydrogens is 277 g/mol. The highest BCUT2D eigenvalue weighted by Crippen LogP contribution is 2.34. The lowest BCUT2D eigenvalue weighted by molar-refractivity contribution is -0.384. The van der Waals surface area contributed by atoms with Gasteiger partial charge in [0, 0.05) is 17.7 Å². The Hall–Kier alpha value is -1.47. The van der Waals surface area contributed by atoms with Gasteiger partial charge in [-0.25, -0.2) is 4.57 Å². The minimum atomic E-state index is -4.17. The summed E-state index contributed by atoms with van der Waals surface area (Å²) in [4.78, 5) is 25.6. The van der Waals surface area contributed by atoms with Crippen molar-refractivity contribution in [3.8, 4) is 5.75 Å². The van der Waals surface area contributed by atoms with Crippen molar-refractivity contribution in [2.45, 2.75) is 20.3 Å². The number of phosphoric acid groups is 1. The van der Waals surface area contributed by atoms with Gasteiger partial charge < -0.3 is 14.9 Å². The summed E-state index contributed by atoms with van der Waals surface area (Å²) in [6.07, 6.45) is 0.591. The SMILES string of the molecule is CCOP(=O)(O)O.CCc1cc([N+](=O)[O-])ccc1O. The number of aromatic hydroxyl groups is 1. The summed E-state index contributed by atoms with van der Waals surface area (Å²) in [6, 6.07) is 4.01. The third-order valence-corrected chi connectivity index (χ3v) is 2.55. The van der Waals surface area contributed by atoms with Gasteiger partial charge in [-0.2, -0.15) is 0 Å². The van der Waals surface area contributed by atoms with Crippen LogP contribution in [0.4, 0.5) is 5.69 Å². The van der Waals surface area contributed by atoms with Crippen molar-refractivity contribution >= 4 is 13.5 Å². The summed E-state index contributed by atoms with van der Waals surface area (Å²) >= 11 is 0. The Kier molecular flexibility index (Phi) is 7.25. The number of aryl methyl sites for hydroxylation is 1. The molecule has 0 fully saturated rings. The first-order valence-electron chi connectivity index (χ1n) is 5.37. The van der Waals surface area contributed by atoms with Crippen LogP contribution in [0, 0.1) is 10.1 Å². The quantitative estimate of drug-likeness (QED) is 0.439.